The van der Waals surface area contributed by atoms with Gasteiger partial charge in [0.2, 0.25) is 5.91 Å². The fourth-order valence-corrected chi connectivity index (χ4v) is 2.68. The third-order valence-electron chi connectivity index (χ3n) is 4.47. The highest BCUT2D eigenvalue weighted by atomic mass is 16.7. The van der Waals surface area contributed by atoms with E-state index in [-0.39, 0.29) is 18.4 Å². The van der Waals surface area contributed by atoms with Crippen LogP contribution >= 0.6 is 0 Å². The summed E-state index contributed by atoms with van der Waals surface area (Å²) in [7, 11) is 0. The van der Waals surface area contributed by atoms with Crippen LogP contribution in [0, 0.1) is 28.0 Å². The van der Waals surface area contributed by atoms with E-state index in [0.717, 1.165) is 5.56 Å². The molecule has 0 saturated heterocycles. The van der Waals surface area contributed by atoms with Gasteiger partial charge in [-0.05, 0) is 48.8 Å². The van der Waals surface area contributed by atoms with Crippen molar-refractivity contribution in [3.8, 4) is 0 Å². The molecule has 0 aliphatic heterocycles. The number of hydrogen-bond acceptors (Lipinski definition) is 5. The van der Waals surface area contributed by atoms with Gasteiger partial charge in [-0.2, -0.15) is 0 Å². The summed E-state index contributed by atoms with van der Waals surface area (Å²) in [6.07, 6.45) is 1.42. The lowest BCUT2D eigenvalue weighted by Gasteiger charge is -2.19. The highest BCUT2D eigenvalue weighted by molar-refractivity contribution is 5.97. The molecule has 10 nitrogen and oxygen atoms in total. The first-order valence-corrected chi connectivity index (χ1v) is 10.4. The number of nitrogens with zero attached hydrogens (tertiary/aromatic N) is 1. The summed E-state index contributed by atoms with van der Waals surface area (Å²) < 4.78 is 0. The van der Waals surface area contributed by atoms with Crippen LogP contribution in [0.1, 0.15) is 68.8 Å². The number of benzene rings is 1. The van der Waals surface area contributed by atoms with Gasteiger partial charge in [-0.15, -0.1) is 0 Å². The van der Waals surface area contributed by atoms with E-state index in [9.17, 15) is 19.7 Å². The molecule has 0 spiro atoms. The van der Waals surface area contributed by atoms with Crippen LogP contribution in [0.15, 0.2) is 24.3 Å². The second kappa shape index (κ2) is 13.2. The number of rotatable bonds is 12. The van der Waals surface area contributed by atoms with E-state index in [4.69, 9.17) is 5.41 Å². The summed E-state index contributed by atoms with van der Waals surface area (Å²) in [5.74, 6) is -0.382. The molecular formula is C21H33N6O4. The zero-order valence-corrected chi connectivity index (χ0v) is 18.5. The number of amides is 2. The molecule has 10 heteroatoms. The quantitative estimate of drug-likeness (QED) is 0.112. The van der Waals surface area contributed by atoms with Gasteiger partial charge in [-0.1, -0.05) is 45.3 Å². The molecule has 1 rings (SSSR count). The lowest BCUT2D eigenvalue weighted by molar-refractivity contribution is -0.525. The summed E-state index contributed by atoms with van der Waals surface area (Å²) in [5, 5.41) is 24.9. The average Bonchev–Trinajstić information content (AvgIpc) is 2.69. The van der Waals surface area contributed by atoms with Crippen molar-refractivity contribution in [1.82, 2.24) is 21.4 Å². The summed E-state index contributed by atoms with van der Waals surface area (Å²) >= 11 is 0. The van der Waals surface area contributed by atoms with Crippen molar-refractivity contribution < 1.29 is 14.6 Å². The Labute approximate surface area is 183 Å². The van der Waals surface area contributed by atoms with Crippen LogP contribution in [0.4, 0.5) is 0 Å². The minimum absolute atomic E-state index is 0.234. The predicted octanol–water partition coefficient (Wildman–Crippen LogP) is 2.32. The zero-order valence-electron chi connectivity index (χ0n) is 18.5. The Hall–Kier alpha value is -3.17. The Morgan fingerprint density at radius 2 is 1.81 bits per heavy atom. The number of nitro groups is 1. The van der Waals surface area contributed by atoms with Crippen LogP contribution in [0.25, 0.3) is 0 Å². The Balaban J connectivity index is 2.69. The van der Waals surface area contributed by atoms with E-state index >= 15 is 0 Å². The number of hydrogen-bond donors (Lipinski definition) is 5. The molecule has 0 aliphatic rings. The van der Waals surface area contributed by atoms with Crippen LogP contribution in [0.5, 0.6) is 0 Å². The highest BCUT2D eigenvalue weighted by Crippen LogP contribution is 2.15. The molecule has 1 aromatic carbocycles. The molecule has 0 bridgehead atoms. The van der Waals surface area contributed by atoms with Crippen molar-refractivity contribution in [2.75, 3.05) is 6.54 Å². The monoisotopic (exact) mass is 433 g/mol. The fourth-order valence-electron chi connectivity index (χ4n) is 2.68. The number of nitrogens with one attached hydrogen (secondary N) is 5. The summed E-state index contributed by atoms with van der Waals surface area (Å²) in [6, 6.07) is 6.47. The van der Waals surface area contributed by atoms with Gasteiger partial charge < -0.3 is 16.0 Å². The maximum atomic E-state index is 12.6. The predicted molar refractivity (Wildman–Crippen MR) is 119 cm³/mol. The van der Waals surface area contributed by atoms with Gasteiger partial charge in [-0.3, -0.25) is 15.0 Å². The Kier molecular flexibility index (Phi) is 11.0. The summed E-state index contributed by atoms with van der Waals surface area (Å²) in [5.41, 5.74) is 3.28. The molecule has 5 N–H and O–H groups in total. The van der Waals surface area contributed by atoms with Gasteiger partial charge in [-0.25, -0.2) is 10.1 Å². The molecule has 0 fully saturated rings. The lowest BCUT2D eigenvalue weighted by Crippen LogP contribution is -2.46. The van der Waals surface area contributed by atoms with E-state index < -0.39 is 17.0 Å². The number of guanidine groups is 1. The van der Waals surface area contributed by atoms with Gasteiger partial charge in [0.15, 0.2) is 5.03 Å². The van der Waals surface area contributed by atoms with Crippen molar-refractivity contribution in [2.45, 2.75) is 58.9 Å². The molecule has 1 atom stereocenters. The molecule has 0 heterocycles. The van der Waals surface area contributed by atoms with Crippen LogP contribution < -0.4 is 21.4 Å². The first kappa shape index (κ1) is 25.9. The van der Waals surface area contributed by atoms with Gasteiger partial charge in [0.05, 0.1) is 0 Å². The molecule has 1 aromatic rings. The van der Waals surface area contributed by atoms with Gasteiger partial charge in [0.25, 0.3) is 11.9 Å². The number of hydrazine groups is 1. The molecule has 31 heavy (non-hydrogen) atoms. The molecular weight excluding hydrogens is 400 g/mol. The minimum atomic E-state index is -0.832. The van der Waals surface area contributed by atoms with E-state index in [1.165, 1.54) is 0 Å². The first-order valence-electron chi connectivity index (χ1n) is 10.4. The number of carbonyl (C=O) groups excluding carboxylic acids is 2. The Morgan fingerprint density at radius 1 is 1.16 bits per heavy atom. The normalized spacial score (nSPS) is 11.7. The number of carbonyl (C=O) groups is 2. The maximum Gasteiger partial charge on any atom is 0.251 e. The maximum absolute atomic E-state index is 12.6. The minimum Gasteiger partial charge on any atom is -0.352 e. The molecule has 2 amide bonds. The lowest BCUT2D eigenvalue weighted by atomic mass is 10.0. The largest absolute Gasteiger partial charge is 0.352 e. The van der Waals surface area contributed by atoms with Crippen LogP contribution in [-0.4, -0.2) is 35.4 Å². The van der Waals surface area contributed by atoms with Crippen molar-refractivity contribution in [2.24, 2.45) is 5.92 Å². The Bertz CT molecular complexity index is 749. The summed E-state index contributed by atoms with van der Waals surface area (Å²) in [4.78, 5) is 35.5. The molecule has 0 aromatic heterocycles. The third kappa shape index (κ3) is 10.4. The van der Waals surface area contributed by atoms with Gasteiger partial charge in [0.1, 0.15) is 6.04 Å². The average molecular weight is 434 g/mol. The van der Waals surface area contributed by atoms with Crippen LogP contribution in [0.3, 0.4) is 0 Å². The smallest absolute Gasteiger partial charge is 0.251 e. The van der Waals surface area contributed by atoms with Crippen LogP contribution in [-0.2, 0) is 4.79 Å². The van der Waals surface area contributed by atoms with Crippen LogP contribution in [0.2, 0.25) is 0 Å². The topological polar surface area (TPSA) is 149 Å². The molecule has 0 unspecified atom stereocenters. The molecule has 1 radical (unpaired) electrons. The SMILES string of the molecule is CC(C)C[CH]NC(=O)[C@H](CCCNC(=N)N[N+](=O)[O-])NC(=O)c1ccc(C(C)C)cc1. The second-order valence-electron chi connectivity index (χ2n) is 7.96. The van der Waals surface area contributed by atoms with E-state index in [1.807, 2.05) is 26.0 Å². The van der Waals surface area contributed by atoms with Crippen molar-refractivity contribution in [3.63, 3.8) is 0 Å². The fraction of sp³-hybridized carbons (Fsp3) is 0.524. The molecule has 0 aliphatic carbocycles. The van der Waals surface area contributed by atoms with Crippen molar-refractivity contribution >= 4 is 17.8 Å². The first-order chi connectivity index (χ1) is 14.6. The third-order valence-corrected chi connectivity index (χ3v) is 4.47. The second-order valence-corrected chi connectivity index (χ2v) is 7.96. The zero-order chi connectivity index (χ0) is 23.4. The van der Waals surface area contributed by atoms with Crippen molar-refractivity contribution in [1.29, 1.82) is 5.41 Å². The highest BCUT2D eigenvalue weighted by Gasteiger charge is 2.21. The standard InChI is InChI=1S/C21H33N6O4/c1-14(2)11-13-23-20(29)18(6-5-12-24-21(22)26-27(30)31)25-19(28)17-9-7-16(8-10-17)15(3)4/h7-10,13-15,18H,5-6,11-12H2,1-4H3,(H,23,29)(H,25,28)(H3,22,24,26)/t18-/m0/s1. The Morgan fingerprint density at radius 3 is 2.35 bits per heavy atom. The molecule has 0 saturated carbocycles. The van der Waals surface area contributed by atoms with E-state index in [0.29, 0.717) is 36.7 Å². The van der Waals surface area contributed by atoms with Gasteiger partial charge >= 0.3 is 0 Å². The summed E-state index contributed by atoms with van der Waals surface area (Å²) in [6.45, 7) is 10.1. The van der Waals surface area contributed by atoms with Crippen molar-refractivity contribution in [3.05, 3.63) is 52.1 Å². The molecule has 171 valence electrons. The van der Waals surface area contributed by atoms with E-state index in [2.05, 4.69) is 29.8 Å². The van der Waals surface area contributed by atoms with E-state index in [1.54, 1.807) is 24.1 Å². The van der Waals surface area contributed by atoms with Gasteiger partial charge in [0, 0.05) is 18.7 Å².